The van der Waals surface area contributed by atoms with E-state index in [9.17, 15) is 9.59 Å². The van der Waals surface area contributed by atoms with Crippen LogP contribution in [0.2, 0.25) is 0 Å². The fourth-order valence-corrected chi connectivity index (χ4v) is 3.11. The number of carbonyl (C=O) groups is 2. The van der Waals surface area contributed by atoms with Crippen molar-refractivity contribution in [1.82, 2.24) is 14.9 Å². The van der Waals surface area contributed by atoms with Crippen molar-refractivity contribution in [2.75, 3.05) is 13.6 Å². The van der Waals surface area contributed by atoms with E-state index in [4.69, 9.17) is 0 Å². The summed E-state index contributed by atoms with van der Waals surface area (Å²) in [6, 6.07) is 5.77. The van der Waals surface area contributed by atoms with Crippen molar-refractivity contribution in [1.29, 1.82) is 0 Å². The molecule has 0 bridgehead atoms. The van der Waals surface area contributed by atoms with Gasteiger partial charge in [0.1, 0.15) is 5.69 Å². The van der Waals surface area contributed by atoms with Gasteiger partial charge in [0.2, 0.25) is 0 Å². The minimum absolute atomic E-state index is 0.0689. The number of ketones is 1. The number of nitrogens with zero attached hydrogens (tertiary/aromatic N) is 2. The van der Waals surface area contributed by atoms with Gasteiger partial charge in [-0.15, -0.1) is 0 Å². The number of amides is 1. The first-order chi connectivity index (χ1) is 11.1. The van der Waals surface area contributed by atoms with E-state index in [1.54, 1.807) is 18.1 Å². The first-order valence-corrected chi connectivity index (χ1v) is 7.98. The molecule has 3 rings (SSSR count). The van der Waals surface area contributed by atoms with Crippen molar-refractivity contribution in [3.8, 4) is 0 Å². The molecule has 0 atom stereocenters. The van der Waals surface area contributed by atoms with Crippen LogP contribution < -0.4 is 0 Å². The van der Waals surface area contributed by atoms with Crippen LogP contribution in [0.1, 0.15) is 50.6 Å². The molecule has 1 aliphatic carbocycles. The highest BCUT2D eigenvalue weighted by molar-refractivity contribution is 6.04. The van der Waals surface area contributed by atoms with Crippen LogP contribution in [0.5, 0.6) is 0 Å². The normalized spacial score (nSPS) is 13.7. The van der Waals surface area contributed by atoms with Crippen LogP contribution in [0.4, 0.5) is 0 Å². The Morgan fingerprint density at radius 1 is 1.35 bits per heavy atom. The minimum atomic E-state index is -0.0689. The third-order valence-electron chi connectivity index (χ3n) is 4.43. The number of Topliss-reactive ketones (excluding diaryl/α,β-unsaturated/α-hetero) is 1. The maximum atomic E-state index is 12.7. The number of fused-ring (bicyclic) bond motifs is 1. The Morgan fingerprint density at radius 3 is 2.87 bits per heavy atom. The third kappa shape index (κ3) is 3.04. The maximum absolute atomic E-state index is 12.7. The zero-order valence-corrected chi connectivity index (χ0v) is 13.6. The molecule has 2 heterocycles. The standard InChI is InChI=1S/C18H21N3O2/c1-12-16-14(7-5-8-15(16)22)20-17(12)18(23)21(2)11-9-13-6-3-4-10-19-13/h3-4,6,10,20H,5,7-9,11H2,1-2H3. The van der Waals surface area contributed by atoms with Gasteiger partial charge in [-0.25, -0.2) is 0 Å². The molecule has 1 N–H and O–H groups in total. The molecule has 2 aromatic rings. The smallest absolute Gasteiger partial charge is 0.270 e. The Balaban J connectivity index is 1.74. The fourth-order valence-electron chi connectivity index (χ4n) is 3.11. The minimum Gasteiger partial charge on any atom is -0.354 e. The highest BCUT2D eigenvalue weighted by Crippen LogP contribution is 2.27. The quantitative estimate of drug-likeness (QED) is 0.943. The van der Waals surface area contributed by atoms with Crippen LogP contribution in [0.3, 0.4) is 0 Å². The van der Waals surface area contributed by atoms with Crippen molar-refractivity contribution in [2.24, 2.45) is 0 Å². The van der Waals surface area contributed by atoms with Gasteiger partial charge < -0.3 is 9.88 Å². The van der Waals surface area contributed by atoms with E-state index < -0.39 is 0 Å². The molecule has 5 heteroatoms. The number of H-pyrrole nitrogens is 1. The Kier molecular flexibility index (Phi) is 4.28. The lowest BCUT2D eigenvalue weighted by molar-refractivity contribution is 0.0790. The molecule has 0 saturated carbocycles. The van der Waals surface area contributed by atoms with E-state index in [2.05, 4.69) is 9.97 Å². The van der Waals surface area contributed by atoms with Gasteiger partial charge in [0.05, 0.1) is 0 Å². The summed E-state index contributed by atoms with van der Waals surface area (Å²) in [5.41, 5.74) is 3.95. The zero-order chi connectivity index (χ0) is 16.4. The number of hydrogen-bond acceptors (Lipinski definition) is 3. The average molecular weight is 311 g/mol. The number of aromatic nitrogens is 2. The van der Waals surface area contributed by atoms with Crippen LogP contribution in [-0.2, 0) is 12.8 Å². The summed E-state index contributed by atoms with van der Waals surface area (Å²) >= 11 is 0. The van der Waals surface area contributed by atoms with Crippen LogP contribution in [0, 0.1) is 6.92 Å². The van der Waals surface area contributed by atoms with Gasteiger partial charge in [-0.1, -0.05) is 6.07 Å². The first-order valence-electron chi connectivity index (χ1n) is 7.98. The number of hydrogen-bond donors (Lipinski definition) is 1. The second-order valence-electron chi connectivity index (χ2n) is 6.05. The molecule has 5 nitrogen and oxygen atoms in total. The lowest BCUT2D eigenvalue weighted by atomic mass is 9.94. The van der Waals surface area contributed by atoms with Crippen LogP contribution >= 0.6 is 0 Å². The topological polar surface area (TPSA) is 66.1 Å². The number of aromatic amines is 1. The van der Waals surface area contributed by atoms with Crippen molar-refractivity contribution in [3.05, 3.63) is 52.6 Å². The molecule has 120 valence electrons. The molecular formula is C18H21N3O2. The highest BCUT2D eigenvalue weighted by Gasteiger charge is 2.27. The predicted octanol–water partition coefficient (Wildman–Crippen LogP) is 2.55. The second kappa shape index (κ2) is 6.36. The fraction of sp³-hybridized carbons (Fsp3) is 0.389. The van der Waals surface area contributed by atoms with Crippen molar-refractivity contribution < 1.29 is 9.59 Å². The molecule has 1 amide bonds. The number of carbonyl (C=O) groups excluding carboxylic acids is 2. The van der Waals surface area contributed by atoms with Crippen LogP contribution in [0.15, 0.2) is 24.4 Å². The Morgan fingerprint density at radius 2 is 2.17 bits per heavy atom. The van der Waals surface area contributed by atoms with E-state index in [1.807, 2.05) is 25.1 Å². The number of rotatable bonds is 4. The number of likely N-dealkylation sites (N-methyl/N-ethyl adjacent to an activating group) is 1. The predicted molar refractivity (Wildman–Crippen MR) is 87.7 cm³/mol. The van der Waals surface area contributed by atoms with Crippen molar-refractivity contribution >= 4 is 11.7 Å². The average Bonchev–Trinajstić information content (AvgIpc) is 2.91. The monoisotopic (exact) mass is 311 g/mol. The first kappa shape index (κ1) is 15.5. The highest BCUT2D eigenvalue weighted by atomic mass is 16.2. The third-order valence-corrected chi connectivity index (χ3v) is 4.43. The van der Waals surface area contributed by atoms with Gasteiger partial charge in [0.15, 0.2) is 5.78 Å². The summed E-state index contributed by atoms with van der Waals surface area (Å²) in [4.78, 5) is 33.9. The van der Waals surface area contributed by atoms with E-state index in [1.165, 1.54) is 0 Å². The summed E-state index contributed by atoms with van der Waals surface area (Å²) in [5, 5.41) is 0. The largest absolute Gasteiger partial charge is 0.354 e. The van der Waals surface area contributed by atoms with Crippen LogP contribution in [0.25, 0.3) is 0 Å². The Hall–Kier alpha value is -2.43. The van der Waals surface area contributed by atoms with Crippen molar-refractivity contribution in [3.63, 3.8) is 0 Å². The number of aryl methyl sites for hydroxylation is 1. The molecule has 23 heavy (non-hydrogen) atoms. The Labute approximate surface area is 135 Å². The number of pyridine rings is 1. The van der Waals surface area contributed by atoms with Gasteiger partial charge >= 0.3 is 0 Å². The summed E-state index contributed by atoms with van der Waals surface area (Å²) in [6.45, 7) is 2.45. The summed E-state index contributed by atoms with van der Waals surface area (Å²) in [5.74, 6) is 0.0795. The molecule has 2 aromatic heterocycles. The summed E-state index contributed by atoms with van der Waals surface area (Å²) in [7, 11) is 1.78. The summed E-state index contributed by atoms with van der Waals surface area (Å²) < 4.78 is 0. The van der Waals surface area contributed by atoms with E-state index in [0.717, 1.165) is 35.4 Å². The number of nitrogens with one attached hydrogen (secondary N) is 1. The van der Waals surface area contributed by atoms with Crippen molar-refractivity contribution in [2.45, 2.75) is 32.6 Å². The molecule has 1 aliphatic rings. The van der Waals surface area contributed by atoms with Gasteiger partial charge in [-0.2, -0.15) is 0 Å². The molecule has 0 saturated heterocycles. The Bertz CT molecular complexity index is 734. The van der Waals surface area contributed by atoms with Gasteiger partial charge in [-0.05, 0) is 37.5 Å². The molecule has 0 aromatic carbocycles. The molecule has 0 spiro atoms. The molecule has 0 unspecified atom stereocenters. The maximum Gasteiger partial charge on any atom is 0.270 e. The SMILES string of the molecule is Cc1c(C(=O)N(C)CCc2ccccn2)[nH]c2c1C(=O)CCC2. The van der Waals surface area contributed by atoms with E-state index in [0.29, 0.717) is 25.1 Å². The zero-order valence-electron chi connectivity index (χ0n) is 13.6. The molecular weight excluding hydrogens is 290 g/mol. The van der Waals surface area contributed by atoms with E-state index in [-0.39, 0.29) is 11.7 Å². The summed E-state index contributed by atoms with van der Waals surface area (Å²) in [6.07, 6.45) is 4.74. The lowest BCUT2D eigenvalue weighted by Crippen LogP contribution is -2.29. The lowest BCUT2D eigenvalue weighted by Gasteiger charge is -2.16. The van der Waals surface area contributed by atoms with Gasteiger partial charge in [0.25, 0.3) is 5.91 Å². The second-order valence-corrected chi connectivity index (χ2v) is 6.05. The molecule has 0 aliphatic heterocycles. The molecule has 0 radical (unpaired) electrons. The van der Waals surface area contributed by atoms with Gasteiger partial charge in [-0.3, -0.25) is 14.6 Å². The van der Waals surface area contributed by atoms with Crippen LogP contribution in [-0.4, -0.2) is 40.2 Å². The molecule has 0 fully saturated rings. The van der Waals surface area contributed by atoms with Gasteiger partial charge in [0, 0.05) is 49.6 Å². The van der Waals surface area contributed by atoms with E-state index >= 15 is 0 Å².